The number of aromatic hydroxyl groups is 1. The van der Waals surface area contributed by atoms with Crippen LogP contribution < -0.4 is 10.2 Å². The monoisotopic (exact) mass is 374 g/mol. The molecule has 1 N–H and O–H groups in total. The highest BCUT2D eigenvalue weighted by Gasteiger charge is 2.58. The Bertz CT molecular complexity index is 1020. The Morgan fingerprint density at radius 1 is 1.30 bits per heavy atom. The lowest BCUT2D eigenvalue weighted by Gasteiger charge is -2.39. The van der Waals surface area contributed by atoms with E-state index < -0.39 is 23.3 Å². The molecule has 1 saturated heterocycles. The van der Waals surface area contributed by atoms with Crippen molar-refractivity contribution in [1.29, 1.82) is 0 Å². The Morgan fingerprint density at radius 2 is 1.96 bits per heavy atom. The highest BCUT2D eigenvalue weighted by Crippen LogP contribution is 2.44. The molecule has 0 aliphatic carbocycles. The molecule has 2 aliphatic heterocycles. The summed E-state index contributed by atoms with van der Waals surface area (Å²) in [5.41, 5.74) is -1.43. The number of carbonyl (C=O) groups is 1. The molecule has 0 amide bonds. The van der Waals surface area contributed by atoms with Gasteiger partial charge in [0.2, 0.25) is 0 Å². The number of ether oxygens (including phenoxy) is 3. The third-order valence-corrected chi connectivity index (χ3v) is 5.51. The normalized spacial score (nSPS) is 28.3. The molecule has 27 heavy (non-hydrogen) atoms. The third kappa shape index (κ3) is 2.68. The predicted molar refractivity (Wildman–Crippen MR) is 96.1 cm³/mol. The van der Waals surface area contributed by atoms with E-state index in [2.05, 4.69) is 0 Å². The number of esters is 1. The molecule has 0 bridgehead atoms. The van der Waals surface area contributed by atoms with Crippen molar-refractivity contribution < 1.29 is 28.5 Å². The molecule has 1 fully saturated rings. The van der Waals surface area contributed by atoms with E-state index in [0.29, 0.717) is 17.1 Å². The van der Waals surface area contributed by atoms with E-state index in [-0.39, 0.29) is 34.7 Å². The second-order valence-electron chi connectivity index (χ2n) is 7.97. The molecule has 7 heteroatoms. The Hall–Kier alpha value is -2.54. The van der Waals surface area contributed by atoms with Crippen LogP contribution in [0.4, 0.5) is 0 Å². The number of phenolic OH excluding ortho intramolecular Hbond substituents is 1. The van der Waals surface area contributed by atoms with Crippen molar-refractivity contribution in [3.63, 3.8) is 0 Å². The van der Waals surface area contributed by atoms with Crippen LogP contribution in [0.25, 0.3) is 11.0 Å². The molecule has 7 nitrogen and oxygen atoms in total. The molecule has 0 radical (unpaired) electrons. The van der Waals surface area contributed by atoms with Gasteiger partial charge < -0.3 is 23.7 Å². The number of epoxide rings is 1. The number of rotatable bonds is 2. The van der Waals surface area contributed by atoms with Gasteiger partial charge in [-0.1, -0.05) is 0 Å². The number of hydrogen-bond acceptors (Lipinski definition) is 7. The van der Waals surface area contributed by atoms with Gasteiger partial charge in [-0.15, -0.1) is 0 Å². The summed E-state index contributed by atoms with van der Waals surface area (Å²) < 4.78 is 22.6. The van der Waals surface area contributed by atoms with Crippen molar-refractivity contribution in [2.75, 3.05) is 0 Å². The molecule has 0 saturated carbocycles. The van der Waals surface area contributed by atoms with Crippen molar-refractivity contribution in [3.8, 4) is 11.5 Å². The summed E-state index contributed by atoms with van der Waals surface area (Å²) in [6, 6.07) is 2.93. The summed E-state index contributed by atoms with van der Waals surface area (Å²) >= 11 is 0. The van der Waals surface area contributed by atoms with Gasteiger partial charge in [-0.05, 0) is 34.6 Å². The molecule has 0 spiro atoms. The van der Waals surface area contributed by atoms with Crippen LogP contribution in [-0.2, 0) is 20.7 Å². The first-order valence-corrected chi connectivity index (χ1v) is 8.90. The van der Waals surface area contributed by atoms with Crippen LogP contribution in [0.3, 0.4) is 0 Å². The first kappa shape index (κ1) is 17.9. The van der Waals surface area contributed by atoms with Gasteiger partial charge in [0.1, 0.15) is 39.9 Å². The molecule has 1 aromatic heterocycles. The number of carbonyl (C=O) groups excluding carboxylic acids is 1. The average molecular weight is 374 g/mol. The highest BCUT2D eigenvalue weighted by atomic mass is 16.7. The second-order valence-corrected chi connectivity index (χ2v) is 7.97. The van der Waals surface area contributed by atoms with Crippen molar-refractivity contribution in [1.82, 2.24) is 0 Å². The fraction of sp³-hybridized carbons (Fsp3) is 0.500. The molecule has 2 aliphatic rings. The van der Waals surface area contributed by atoms with E-state index in [9.17, 15) is 14.7 Å². The second kappa shape index (κ2) is 5.48. The van der Waals surface area contributed by atoms with Crippen LogP contribution in [0, 0.1) is 6.92 Å². The van der Waals surface area contributed by atoms with Crippen LogP contribution in [0.5, 0.6) is 11.5 Å². The standard InChI is InChI=1S/C20H22O7/c1-9-6-12(21)16-14(24-9)8-13-11(17(16)22)7-15(19(3,4)27-13)25-18(23)20(5)10(2)26-20/h6,8,10,15,22H,7H2,1-5H3/t10-,15-,20-/m1/s1. The maximum atomic E-state index is 12.5. The molecule has 2 aromatic rings. The number of benzene rings is 1. The molecular formula is C20H22O7. The smallest absolute Gasteiger partial charge is 0.341 e. The van der Waals surface area contributed by atoms with E-state index >= 15 is 0 Å². The minimum atomic E-state index is -0.944. The third-order valence-electron chi connectivity index (χ3n) is 5.51. The van der Waals surface area contributed by atoms with Gasteiger partial charge in [-0.3, -0.25) is 4.79 Å². The zero-order chi connectivity index (χ0) is 19.7. The van der Waals surface area contributed by atoms with Gasteiger partial charge in [0.05, 0.1) is 6.10 Å². The van der Waals surface area contributed by atoms with Crippen molar-refractivity contribution in [2.24, 2.45) is 0 Å². The Balaban J connectivity index is 1.75. The molecule has 0 unspecified atom stereocenters. The molecule has 144 valence electrons. The van der Waals surface area contributed by atoms with E-state index in [1.807, 2.05) is 0 Å². The minimum Gasteiger partial charge on any atom is -0.507 e. The number of aryl methyl sites for hydroxylation is 1. The number of hydrogen-bond donors (Lipinski definition) is 1. The summed E-state index contributed by atoms with van der Waals surface area (Å²) in [5, 5.41) is 10.8. The fourth-order valence-electron chi connectivity index (χ4n) is 3.49. The van der Waals surface area contributed by atoms with Crippen LogP contribution in [0.15, 0.2) is 21.3 Å². The van der Waals surface area contributed by atoms with Crippen LogP contribution >= 0.6 is 0 Å². The van der Waals surface area contributed by atoms with Crippen LogP contribution in [0.1, 0.15) is 39.0 Å². The molecule has 4 rings (SSSR count). The van der Waals surface area contributed by atoms with E-state index in [1.165, 1.54) is 6.07 Å². The fourth-order valence-corrected chi connectivity index (χ4v) is 3.49. The van der Waals surface area contributed by atoms with Crippen LogP contribution in [0.2, 0.25) is 0 Å². The average Bonchev–Trinajstić information content (AvgIpc) is 3.16. The van der Waals surface area contributed by atoms with Gasteiger partial charge >= 0.3 is 5.97 Å². The maximum Gasteiger partial charge on any atom is 0.341 e. The molecule has 1 aromatic carbocycles. The quantitative estimate of drug-likeness (QED) is 0.637. The lowest BCUT2D eigenvalue weighted by Crippen LogP contribution is -2.50. The predicted octanol–water partition coefficient (Wildman–Crippen LogP) is 2.61. The van der Waals surface area contributed by atoms with Gasteiger partial charge in [0.25, 0.3) is 0 Å². The van der Waals surface area contributed by atoms with Gasteiger partial charge in [-0.2, -0.15) is 0 Å². The SMILES string of the molecule is Cc1cc(=O)c2c(O)c3c(cc2o1)OC(C)(C)[C@H](OC(=O)[C@]1(C)O[C@@H]1C)C3. The van der Waals surface area contributed by atoms with Crippen molar-refractivity contribution in [3.05, 3.63) is 33.7 Å². The highest BCUT2D eigenvalue weighted by molar-refractivity contribution is 5.87. The summed E-state index contributed by atoms with van der Waals surface area (Å²) in [4.78, 5) is 24.8. The molecule has 3 heterocycles. The Morgan fingerprint density at radius 3 is 2.59 bits per heavy atom. The lowest BCUT2D eigenvalue weighted by atomic mass is 9.89. The topological polar surface area (TPSA) is 98.5 Å². The van der Waals surface area contributed by atoms with E-state index in [0.717, 1.165) is 0 Å². The molecule has 3 atom stereocenters. The summed E-state index contributed by atoms with van der Waals surface area (Å²) in [6.45, 7) is 8.77. The van der Waals surface area contributed by atoms with Crippen molar-refractivity contribution >= 4 is 16.9 Å². The van der Waals surface area contributed by atoms with Gasteiger partial charge in [-0.25, -0.2) is 4.79 Å². The summed E-state index contributed by atoms with van der Waals surface area (Å²) in [5.74, 6) is 0.194. The summed E-state index contributed by atoms with van der Waals surface area (Å²) in [6.07, 6.45) is -0.630. The number of phenols is 1. The summed E-state index contributed by atoms with van der Waals surface area (Å²) in [7, 11) is 0. The number of fused-ring (bicyclic) bond motifs is 2. The van der Waals surface area contributed by atoms with Crippen molar-refractivity contribution in [2.45, 2.75) is 64.4 Å². The minimum absolute atomic E-state index is 0.0962. The zero-order valence-electron chi connectivity index (χ0n) is 15.9. The zero-order valence-corrected chi connectivity index (χ0v) is 15.9. The Kier molecular flexibility index (Phi) is 3.63. The largest absolute Gasteiger partial charge is 0.507 e. The Labute approximate surface area is 155 Å². The van der Waals surface area contributed by atoms with E-state index in [4.69, 9.17) is 18.6 Å². The van der Waals surface area contributed by atoms with Crippen LogP contribution in [-0.4, -0.2) is 34.5 Å². The maximum absolute atomic E-state index is 12.5. The first-order chi connectivity index (χ1) is 12.5. The lowest BCUT2D eigenvalue weighted by molar-refractivity contribution is -0.166. The van der Waals surface area contributed by atoms with Gasteiger partial charge in [0, 0.05) is 24.1 Å². The van der Waals surface area contributed by atoms with Gasteiger partial charge in [0.15, 0.2) is 11.0 Å². The molecular weight excluding hydrogens is 352 g/mol. The van der Waals surface area contributed by atoms with E-state index in [1.54, 1.807) is 40.7 Å². The first-order valence-electron chi connectivity index (χ1n) is 8.90.